The number of benzene rings is 2. The van der Waals surface area contributed by atoms with Gasteiger partial charge in [0, 0.05) is 36.2 Å². The highest BCUT2D eigenvalue weighted by atomic mass is 32.2. The van der Waals surface area contributed by atoms with Gasteiger partial charge >= 0.3 is 12.3 Å². The number of aliphatic hydroxyl groups excluding tert-OH is 1. The van der Waals surface area contributed by atoms with Gasteiger partial charge in [0.05, 0.1) is 4.90 Å². The Hall–Kier alpha value is -3.92. The number of halogens is 3. The third-order valence-corrected chi connectivity index (χ3v) is 7.83. The summed E-state index contributed by atoms with van der Waals surface area (Å²) in [4.78, 5) is 17.1. The molecule has 2 unspecified atom stereocenters. The molecule has 3 aromatic rings. The van der Waals surface area contributed by atoms with Gasteiger partial charge in [-0.05, 0) is 60.9 Å². The van der Waals surface area contributed by atoms with Gasteiger partial charge in [-0.15, -0.1) is 4.72 Å². The van der Waals surface area contributed by atoms with Crippen molar-refractivity contribution in [1.82, 2.24) is 19.5 Å². The van der Waals surface area contributed by atoms with Crippen molar-refractivity contribution in [3.63, 3.8) is 0 Å². The second kappa shape index (κ2) is 11.9. The van der Waals surface area contributed by atoms with Crippen molar-refractivity contribution in [2.75, 3.05) is 13.2 Å². The number of carbonyl (C=O) groups is 1. The lowest BCUT2D eigenvalue weighted by Gasteiger charge is -2.28. The van der Waals surface area contributed by atoms with Crippen LogP contribution in [0.25, 0.3) is 10.9 Å². The molecule has 1 aliphatic rings. The summed E-state index contributed by atoms with van der Waals surface area (Å²) in [6, 6.07) is 11.8. The Morgan fingerprint density at radius 1 is 1.15 bits per heavy atom. The van der Waals surface area contributed by atoms with Gasteiger partial charge in [-0.2, -0.15) is 13.2 Å². The minimum absolute atomic E-state index is 0.000218. The molecule has 0 bridgehead atoms. The molecule has 220 valence electrons. The number of rotatable bonds is 11. The van der Waals surface area contributed by atoms with E-state index in [0.717, 1.165) is 17.7 Å². The van der Waals surface area contributed by atoms with E-state index in [4.69, 9.17) is 5.73 Å². The van der Waals surface area contributed by atoms with Gasteiger partial charge in [0.2, 0.25) is 10.0 Å². The average molecular weight is 595 g/mol. The number of fused-ring (bicyclic) bond motifs is 1. The second-order valence-electron chi connectivity index (χ2n) is 9.61. The van der Waals surface area contributed by atoms with Crippen molar-refractivity contribution in [2.45, 2.75) is 43.4 Å². The van der Waals surface area contributed by atoms with E-state index in [1.165, 1.54) is 18.2 Å². The number of aromatic carboxylic acids is 1. The molecule has 2 heterocycles. The summed E-state index contributed by atoms with van der Waals surface area (Å²) in [5.41, 5.74) is 7.65. The molecule has 41 heavy (non-hydrogen) atoms. The molecule has 0 aliphatic carbocycles. The lowest BCUT2D eigenvalue weighted by atomic mass is 10.1. The SMILES string of the molecule is CC(Cc1ccc2c(c1)cc(C(=O)O)n2Cc1ccc(S(=O)(=O)NC(F)(F)F)cc1)NCC(O)N1C=CC(N)=NC1. The first-order valence-corrected chi connectivity index (χ1v) is 13.9. The molecule has 11 nitrogen and oxygen atoms in total. The van der Waals surface area contributed by atoms with Crippen molar-refractivity contribution in [2.24, 2.45) is 10.7 Å². The number of alkyl halides is 3. The van der Waals surface area contributed by atoms with Crippen molar-refractivity contribution >= 4 is 32.7 Å². The molecule has 4 rings (SSSR count). The van der Waals surface area contributed by atoms with E-state index in [0.29, 0.717) is 33.4 Å². The Morgan fingerprint density at radius 2 is 1.83 bits per heavy atom. The Morgan fingerprint density at radius 3 is 2.44 bits per heavy atom. The van der Waals surface area contributed by atoms with Gasteiger partial charge in [-0.3, -0.25) is 0 Å². The van der Waals surface area contributed by atoms with Crippen LogP contribution in [0.2, 0.25) is 0 Å². The Labute approximate surface area is 233 Å². The van der Waals surface area contributed by atoms with Gasteiger partial charge in [-0.1, -0.05) is 18.2 Å². The number of hydrogen-bond acceptors (Lipinski definition) is 8. The monoisotopic (exact) mass is 594 g/mol. The number of sulfonamides is 1. The minimum atomic E-state index is -5.11. The van der Waals surface area contributed by atoms with E-state index in [1.54, 1.807) is 27.8 Å². The molecule has 0 spiro atoms. The maximum absolute atomic E-state index is 12.5. The first kappa shape index (κ1) is 30.0. The number of nitrogens with one attached hydrogen (secondary N) is 2. The number of aliphatic imine (C=N–C) groups is 1. The summed E-state index contributed by atoms with van der Waals surface area (Å²) >= 11 is 0. The van der Waals surface area contributed by atoms with E-state index >= 15 is 0 Å². The standard InChI is InChI=1S/C26H29F3N6O5S/c1-16(31-13-24(36)34-9-8-23(30)32-15-34)10-18-4-7-21-19(11-18)12-22(25(37)38)35(21)14-17-2-5-20(6-3-17)41(39,40)33-26(27,28)29/h2-9,11-12,16,24,31,33,36H,10,13-15H2,1H3,(H2,30,32)(H,37,38). The van der Waals surface area contributed by atoms with E-state index < -0.39 is 33.4 Å². The molecule has 0 saturated carbocycles. The van der Waals surface area contributed by atoms with Crippen molar-refractivity contribution < 1.29 is 36.6 Å². The van der Waals surface area contributed by atoms with Gasteiger partial charge in [0.15, 0.2) is 0 Å². The maximum atomic E-state index is 12.5. The van der Waals surface area contributed by atoms with Crippen molar-refractivity contribution in [1.29, 1.82) is 0 Å². The van der Waals surface area contributed by atoms with Gasteiger partial charge in [-0.25, -0.2) is 18.2 Å². The lowest BCUT2D eigenvalue weighted by Crippen LogP contribution is -2.44. The van der Waals surface area contributed by atoms with Crippen LogP contribution in [0.3, 0.4) is 0 Å². The highest BCUT2D eigenvalue weighted by Gasteiger charge is 2.34. The molecular weight excluding hydrogens is 565 g/mol. The maximum Gasteiger partial charge on any atom is 0.470 e. The molecule has 0 amide bonds. The number of aromatic nitrogens is 1. The van der Waals surface area contributed by atoms with Crippen LogP contribution in [-0.2, 0) is 23.0 Å². The zero-order valence-corrected chi connectivity index (χ0v) is 22.7. The topological polar surface area (TPSA) is 162 Å². The smallest absolute Gasteiger partial charge is 0.470 e. The van der Waals surface area contributed by atoms with Crippen LogP contribution in [0.15, 0.2) is 70.7 Å². The highest BCUT2D eigenvalue weighted by Crippen LogP contribution is 2.25. The van der Waals surface area contributed by atoms with Crippen LogP contribution >= 0.6 is 0 Å². The Balaban J connectivity index is 1.46. The molecule has 0 saturated heterocycles. The molecule has 1 aliphatic heterocycles. The summed E-state index contributed by atoms with van der Waals surface area (Å²) in [7, 11) is -4.79. The number of aliphatic hydroxyl groups is 1. The van der Waals surface area contributed by atoms with Crippen LogP contribution in [0, 0.1) is 0 Å². The molecule has 0 radical (unpaired) electrons. The first-order chi connectivity index (χ1) is 19.2. The summed E-state index contributed by atoms with van der Waals surface area (Å²) in [5.74, 6) is -0.769. The van der Waals surface area contributed by atoms with E-state index in [1.807, 2.05) is 19.1 Å². The van der Waals surface area contributed by atoms with E-state index in [-0.39, 0.29) is 31.5 Å². The number of amidine groups is 1. The van der Waals surface area contributed by atoms with Crippen LogP contribution < -0.4 is 15.8 Å². The summed E-state index contributed by atoms with van der Waals surface area (Å²) < 4.78 is 63.5. The molecule has 0 fully saturated rings. The summed E-state index contributed by atoms with van der Waals surface area (Å²) in [5, 5.41) is 24.1. The Bertz CT molecular complexity index is 1590. The zero-order valence-electron chi connectivity index (χ0n) is 21.8. The first-order valence-electron chi connectivity index (χ1n) is 12.4. The molecule has 15 heteroatoms. The number of nitrogens with zero attached hydrogens (tertiary/aromatic N) is 3. The Kier molecular flexibility index (Phi) is 8.72. The average Bonchev–Trinajstić information content (AvgIpc) is 3.24. The fraction of sp³-hybridized carbons (Fsp3) is 0.308. The number of hydrogen-bond donors (Lipinski definition) is 5. The predicted molar refractivity (Wildman–Crippen MR) is 145 cm³/mol. The molecule has 2 atom stereocenters. The van der Waals surface area contributed by atoms with Gasteiger partial charge < -0.3 is 30.7 Å². The zero-order chi connectivity index (χ0) is 29.9. The minimum Gasteiger partial charge on any atom is -0.477 e. The third kappa shape index (κ3) is 7.64. The van der Waals surface area contributed by atoms with Crippen LogP contribution in [-0.4, -0.2) is 71.7 Å². The largest absolute Gasteiger partial charge is 0.477 e. The second-order valence-corrected chi connectivity index (χ2v) is 11.3. The lowest BCUT2D eigenvalue weighted by molar-refractivity contribution is -0.138. The van der Waals surface area contributed by atoms with Gasteiger partial charge in [0.1, 0.15) is 24.4 Å². The van der Waals surface area contributed by atoms with Crippen molar-refractivity contribution in [3.8, 4) is 0 Å². The van der Waals surface area contributed by atoms with E-state index in [2.05, 4.69) is 10.3 Å². The number of carboxylic acid groups (broad SMARTS) is 1. The van der Waals surface area contributed by atoms with E-state index in [9.17, 15) is 36.6 Å². The van der Waals surface area contributed by atoms with Gasteiger partial charge in [0.25, 0.3) is 0 Å². The molecule has 2 aromatic carbocycles. The van der Waals surface area contributed by atoms with Crippen LogP contribution in [0.5, 0.6) is 0 Å². The molecule has 1 aromatic heterocycles. The summed E-state index contributed by atoms with van der Waals surface area (Å²) in [6.45, 7) is 2.56. The quantitative estimate of drug-likeness (QED) is 0.211. The summed E-state index contributed by atoms with van der Waals surface area (Å²) in [6.07, 6.45) is -2.02. The predicted octanol–water partition coefficient (Wildman–Crippen LogP) is 2.17. The normalized spacial score (nSPS) is 15.6. The molecular formula is C26H29F3N6O5S. The number of carboxylic acids is 1. The van der Waals surface area contributed by atoms with Crippen LogP contribution in [0.4, 0.5) is 13.2 Å². The third-order valence-electron chi connectivity index (χ3n) is 6.44. The highest BCUT2D eigenvalue weighted by molar-refractivity contribution is 7.89. The fourth-order valence-electron chi connectivity index (χ4n) is 4.44. The number of nitrogens with two attached hydrogens (primary N) is 1. The molecule has 6 N–H and O–H groups in total. The van der Waals surface area contributed by atoms with Crippen LogP contribution in [0.1, 0.15) is 28.5 Å². The van der Waals surface area contributed by atoms with Crippen molar-refractivity contribution in [3.05, 3.63) is 77.6 Å². The fourth-order valence-corrected chi connectivity index (χ4v) is 5.36.